The molecular weight excluding hydrogens is 258 g/mol. The van der Waals surface area contributed by atoms with E-state index in [0.717, 1.165) is 15.9 Å². The van der Waals surface area contributed by atoms with Gasteiger partial charge in [-0.1, -0.05) is 22.0 Å². The third kappa shape index (κ3) is 2.57. The van der Waals surface area contributed by atoms with E-state index in [1.165, 1.54) is 0 Å². The van der Waals surface area contributed by atoms with Crippen LogP contribution >= 0.6 is 15.9 Å². The number of hydrogen-bond donors (Lipinski definition) is 2. The van der Waals surface area contributed by atoms with Crippen molar-refractivity contribution in [1.29, 1.82) is 0 Å². The van der Waals surface area contributed by atoms with Gasteiger partial charge in [-0.2, -0.15) is 4.98 Å². The van der Waals surface area contributed by atoms with Gasteiger partial charge in [0.2, 0.25) is 0 Å². The summed E-state index contributed by atoms with van der Waals surface area (Å²) in [5.74, 6) is 0. The molecule has 0 amide bonds. The Morgan fingerprint density at radius 1 is 1.47 bits per heavy atom. The Morgan fingerprint density at radius 3 is 3.00 bits per heavy atom. The van der Waals surface area contributed by atoms with Gasteiger partial charge in [-0.15, -0.1) is 0 Å². The van der Waals surface area contributed by atoms with Crippen molar-refractivity contribution in [2.75, 3.05) is 5.32 Å². The highest BCUT2D eigenvalue weighted by Gasteiger charge is 2.02. The van der Waals surface area contributed by atoms with E-state index in [4.69, 9.17) is 10.2 Å². The Balaban J connectivity index is 2.14. The zero-order chi connectivity index (χ0) is 10.7. The van der Waals surface area contributed by atoms with Crippen molar-refractivity contribution in [2.24, 2.45) is 5.73 Å². The van der Waals surface area contributed by atoms with Gasteiger partial charge < -0.3 is 15.5 Å². The Hall–Kier alpha value is -1.33. The van der Waals surface area contributed by atoms with Gasteiger partial charge >= 0.3 is 0 Å². The minimum atomic E-state index is 0.379. The van der Waals surface area contributed by atoms with Crippen LogP contribution in [0.2, 0.25) is 0 Å². The molecule has 0 saturated carbocycles. The van der Waals surface area contributed by atoms with Crippen molar-refractivity contribution >= 4 is 27.6 Å². The summed E-state index contributed by atoms with van der Waals surface area (Å²) in [6.07, 6.45) is 1.54. The fourth-order valence-electron chi connectivity index (χ4n) is 1.15. The molecule has 2 rings (SSSR count). The first kappa shape index (κ1) is 10.2. The zero-order valence-electron chi connectivity index (χ0n) is 7.90. The Labute approximate surface area is 95.6 Å². The first-order chi connectivity index (χ1) is 7.28. The summed E-state index contributed by atoms with van der Waals surface area (Å²) in [5, 5.41) is 3.04. The van der Waals surface area contributed by atoms with Crippen molar-refractivity contribution in [3.63, 3.8) is 0 Å². The highest BCUT2D eigenvalue weighted by molar-refractivity contribution is 9.10. The second-order valence-electron chi connectivity index (χ2n) is 2.98. The molecule has 15 heavy (non-hydrogen) atoms. The number of nitrogens with zero attached hydrogens (tertiary/aromatic N) is 1. The van der Waals surface area contributed by atoms with Crippen LogP contribution in [0.3, 0.4) is 0 Å². The number of halogens is 1. The maximum atomic E-state index is 5.42. The van der Waals surface area contributed by atoms with E-state index < -0.39 is 0 Å². The normalized spacial score (nSPS) is 10.3. The van der Waals surface area contributed by atoms with E-state index in [0.29, 0.717) is 12.6 Å². The third-order valence-corrected chi connectivity index (χ3v) is 2.33. The van der Waals surface area contributed by atoms with Gasteiger partial charge in [-0.05, 0) is 18.2 Å². The van der Waals surface area contributed by atoms with Gasteiger partial charge in [-0.25, -0.2) is 0 Å². The predicted molar refractivity (Wildman–Crippen MR) is 61.8 cm³/mol. The molecule has 0 aliphatic rings. The summed E-state index contributed by atoms with van der Waals surface area (Å²) in [6, 6.07) is 8.20. The lowest BCUT2D eigenvalue weighted by Gasteiger charge is -2.00. The lowest BCUT2D eigenvalue weighted by Crippen LogP contribution is -1.96. The molecule has 4 nitrogen and oxygen atoms in total. The number of hydrogen-bond acceptors (Lipinski definition) is 4. The van der Waals surface area contributed by atoms with Crippen LogP contribution in [-0.4, -0.2) is 4.98 Å². The Bertz CT molecular complexity index is 455. The molecule has 0 aliphatic heterocycles. The first-order valence-corrected chi connectivity index (χ1v) is 5.24. The maximum Gasteiger partial charge on any atom is 0.299 e. The minimum absolute atomic E-state index is 0.379. The average Bonchev–Trinajstić information content (AvgIpc) is 2.65. The Morgan fingerprint density at radius 2 is 2.33 bits per heavy atom. The third-order valence-electron chi connectivity index (χ3n) is 1.84. The molecule has 5 heteroatoms. The molecular formula is C10H10BrN3O. The largest absolute Gasteiger partial charge is 0.432 e. The topological polar surface area (TPSA) is 64.1 Å². The Kier molecular flexibility index (Phi) is 3.03. The molecule has 2 aromatic rings. The maximum absolute atomic E-state index is 5.42. The van der Waals surface area contributed by atoms with Gasteiger partial charge in [0.1, 0.15) is 6.26 Å². The smallest absolute Gasteiger partial charge is 0.299 e. The molecule has 1 aromatic carbocycles. The van der Waals surface area contributed by atoms with Gasteiger partial charge in [-0.3, -0.25) is 0 Å². The van der Waals surface area contributed by atoms with Gasteiger partial charge in [0.15, 0.2) is 0 Å². The number of benzene rings is 1. The van der Waals surface area contributed by atoms with E-state index >= 15 is 0 Å². The van der Waals surface area contributed by atoms with Crippen LogP contribution in [0.25, 0.3) is 0 Å². The van der Waals surface area contributed by atoms with Gasteiger partial charge in [0, 0.05) is 16.7 Å². The highest BCUT2D eigenvalue weighted by atomic mass is 79.9. The van der Waals surface area contributed by atoms with Crippen LogP contribution < -0.4 is 11.1 Å². The second-order valence-corrected chi connectivity index (χ2v) is 3.90. The van der Waals surface area contributed by atoms with Crippen LogP contribution in [0.1, 0.15) is 5.69 Å². The average molecular weight is 268 g/mol. The summed E-state index contributed by atoms with van der Waals surface area (Å²) < 4.78 is 6.18. The van der Waals surface area contributed by atoms with Crippen LogP contribution in [0.4, 0.5) is 11.7 Å². The first-order valence-electron chi connectivity index (χ1n) is 4.45. The van der Waals surface area contributed by atoms with Crippen LogP contribution in [0.5, 0.6) is 0 Å². The molecule has 1 heterocycles. The fourth-order valence-corrected chi connectivity index (χ4v) is 1.55. The summed E-state index contributed by atoms with van der Waals surface area (Å²) in [5.41, 5.74) is 7.06. The number of oxazole rings is 1. The predicted octanol–water partition coefficient (Wildman–Crippen LogP) is 2.64. The quantitative estimate of drug-likeness (QED) is 0.898. The number of anilines is 2. The number of nitrogens with two attached hydrogens (primary N) is 1. The van der Waals surface area contributed by atoms with Crippen LogP contribution in [-0.2, 0) is 6.54 Å². The highest BCUT2D eigenvalue weighted by Crippen LogP contribution is 2.19. The van der Waals surface area contributed by atoms with E-state index in [-0.39, 0.29) is 0 Å². The lowest BCUT2D eigenvalue weighted by atomic mass is 10.3. The zero-order valence-corrected chi connectivity index (χ0v) is 9.49. The van der Waals surface area contributed by atoms with E-state index in [1.807, 2.05) is 24.3 Å². The van der Waals surface area contributed by atoms with Gasteiger partial charge in [0.25, 0.3) is 6.01 Å². The molecule has 1 aromatic heterocycles. The molecule has 0 radical (unpaired) electrons. The lowest BCUT2D eigenvalue weighted by molar-refractivity contribution is 0.576. The molecule has 0 spiro atoms. The molecule has 0 fully saturated rings. The van der Waals surface area contributed by atoms with Crippen molar-refractivity contribution < 1.29 is 4.42 Å². The summed E-state index contributed by atoms with van der Waals surface area (Å²) in [7, 11) is 0. The van der Waals surface area contributed by atoms with Crippen molar-refractivity contribution in [2.45, 2.75) is 6.54 Å². The standard InChI is InChI=1S/C10H10BrN3O/c11-7-2-1-3-8(4-7)13-10-14-9(5-12)6-15-10/h1-4,6H,5,12H2,(H,13,14). The molecule has 3 N–H and O–H groups in total. The summed E-state index contributed by atoms with van der Waals surface area (Å²) in [4.78, 5) is 4.14. The molecule has 0 aliphatic carbocycles. The monoisotopic (exact) mass is 267 g/mol. The minimum Gasteiger partial charge on any atom is -0.432 e. The molecule has 0 unspecified atom stereocenters. The molecule has 78 valence electrons. The summed E-state index contributed by atoms with van der Waals surface area (Å²) >= 11 is 3.38. The van der Waals surface area contributed by atoms with Crippen molar-refractivity contribution in [3.8, 4) is 0 Å². The number of rotatable bonds is 3. The van der Waals surface area contributed by atoms with Crippen LogP contribution in [0.15, 0.2) is 39.4 Å². The second kappa shape index (κ2) is 4.46. The van der Waals surface area contributed by atoms with E-state index in [9.17, 15) is 0 Å². The van der Waals surface area contributed by atoms with E-state index in [2.05, 4.69) is 26.2 Å². The van der Waals surface area contributed by atoms with Crippen molar-refractivity contribution in [1.82, 2.24) is 4.98 Å². The molecule has 0 atom stereocenters. The van der Waals surface area contributed by atoms with Gasteiger partial charge in [0.05, 0.1) is 5.69 Å². The van der Waals surface area contributed by atoms with E-state index in [1.54, 1.807) is 6.26 Å². The van der Waals surface area contributed by atoms with Crippen molar-refractivity contribution in [3.05, 3.63) is 40.7 Å². The fraction of sp³-hybridized carbons (Fsp3) is 0.100. The SMILES string of the molecule is NCc1coc(Nc2cccc(Br)c2)n1. The number of nitrogens with one attached hydrogen (secondary N) is 1. The number of aromatic nitrogens is 1. The molecule has 0 bridgehead atoms. The van der Waals surface area contributed by atoms with Crippen LogP contribution in [0, 0.1) is 0 Å². The molecule has 0 saturated heterocycles. The summed E-state index contributed by atoms with van der Waals surface area (Å²) in [6.45, 7) is 0.379.